The number of carbonyl (C=O) groups is 1. The third-order valence-electron chi connectivity index (χ3n) is 0.951. The standard InChI is InChI=1S/C5H9Br2NO2/c1-2-3(4(6)7)10-5(8)9/h3-4H,2H2,1H3,(H2,8,9). The predicted molar refractivity (Wildman–Crippen MR) is 46.4 cm³/mol. The van der Waals surface area contributed by atoms with Crippen molar-refractivity contribution >= 4 is 38.0 Å². The first-order valence-corrected chi connectivity index (χ1v) is 4.65. The van der Waals surface area contributed by atoms with Gasteiger partial charge in [-0.2, -0.15) is 0 Å². The molecule has 10 heavy (non-hydrogen) atoms. The van der Waals surface area contributed by atoms with E-state index in [2.05, 4.69) is 31.9 Å². The second-order valence-corrected chi connectivity index (χ2v) is 4.92. The molecule has 0 saturated heterocycles. The van der Waals surface area contributed by atoms with E-state index in [9.17, 15) is 4.79 Å². The Bertz CT molecular complexity index is 118. The van der Waals surface area contributed by atoms with Gasteiger partial charge >= 0.3 is 6.09 Å². The molecule has 0 fully saturated rings. The van der Waals surface area contributed by atoms with Crippen molar-refractivity contribution in [2.45, 2.75) is 23.2 Å². The summed E-state index contributed by atoms with van der Waals surface area (Å²) in [5, 5.41) is 0. The molecule has 0 heterocycles. The van der Waals surface area contributed by atoms with E-state index < -0.39 is 6.09 Å². The van der Waals surface area contributed by atoms with Crippen molar-refractivity contribution in [2.75, 3.05) is 0 Å². The van der Waals surface area contributed by atoms with Gasteiger partial charge in [0.2, 0.25) is 0 Å². The van der Waals surface area contributed by atoms with Gasteiger partial charge < -0.3 is 10.5 Å². The first-order chi connectivity index (χ1) is 4.57. The van der Waals surface area contributed by atoms with E-state index in [1.807, 2.05) is 6.92 Å². The van der Waals surface area contributed by atoms with Crippen molar-refractivity contribution in [3.63, 3.8) is 0 Å². The fraction of sp³-hybridized carbons (Fsp3) is 0.800. The van der Waals surface area contributed by atoms with Gasteiger partial charge in [-0.05, 0) is 6.42 Å². The van der Waals surface area contributed by atoms with Crippen LogP contribution >= 0.6 is 31.9 Å². The fourth-order valence-corrected chi connectivity index (χ4v) is 1.43. The minimum atomic E-state index is -0.740. The van der Waals surface area contributed by atoms with Crippen molar-refractivity contribution < 1.29 is 9.53 Å². The Labute approximate surface area is 76.5 Å². The minimum Gasteiger partial charge on any atom is -0.444 e. The zero-order valence-electron chi connectivity index (χ0n) is 5.51. The average molecular weight is 275 g/mol. The van der Waals surface area contributed by atoms with Gasteiger partial charge in [0.25, 0.3) is 0 Å². The minimum absolute atomic E-state index is 0.0301. The highest BCUT2D eigenvalue weighted by molar-refractivity contribution is 9.24. The van der Waals surface area contributed by atoms with E-state index in [0.717, 1.165) is 6.42 Å². The molecule has 2 N–H and O–H groups in total. The van der Waals surface area contributed by atoms with Gasteiger partial charge in [-0.1, -0.05) is 38.8 Å². The van der Waals surface area contributed by atoms with Gasteiger partial charge in [-0.25, -0.2) is 4.79 Å². The number of amides is 1. The molecule has 60 valence electrons. The van der Waals surface area contributed by atoms with E-state index in [1.54, 1.807) is 0 Å². The average Bonchev–Trinajstić information content (AvgIpc) is 1.81. The Morgan fingerprint density at radius 1 is 1.70 bits per heavy atom. The second-order valence-electron chi connectivity index (χ2n) is 1.72. The summed E-state index contributed by atoms with van der Waals surface area (Å²) >= 11 is 6.43. The van der Waals surface area contributed by atoms with Crippen molar-refractivity contribution in [3.8, 4) is 0 Å². The lowest BCUT2D eigenvalue weighted by molar-refractivity contribution is 0.114. The quantitative estimate of drug-likeness (QED) is 0.800. The molecule has 0 rings (SSSR count). The number of carbonyl (C=O) groups excluding carboxylic acids is 1. The van der Waals surface area contributed by atoms with Crippen molar-refractivity contribution in [1.82, 2.24) is 0 Å². The molecule has 5 heteroatoms. The summed E-state index contributed by atoms with van der Waals surface area (Å²) in [7, 11) is 0. The number of hydrogen-bond acceptors (Lipinski definition) is 2. The lowest BCUT2D eigenvalue weighted by Crippen LogP contribution is -2.26. The number of halogens is 2. The number of nitrogens with two attached hydrogens (primary N) is 1. The highest BCUT2D eigenvalue weighted by Gasteiger charge is 2.16. The molecule has 0 spiro atoms. The Morgan fingerprint density at radius 2 is 2.20 bits per heavy atom. The molecule has 0 aromatic rings. The Morgan fingerprint density at radius 3 is 2.30 bits per heavy atom. The SMILES string of the molecule is CCC(OC(N)=O)C(Br)Br. The summed E-state index contributed by atoms with van der Waals surface area (Å²) < 4.78 is 4.68. The normalized spacial score (nSPS) is 13.2. The highest BCUT2D eigenvalue weighted by atomic mass is 79.9. The third kappa shape index (κ3) is 4.11. The smallest absolute Gasteiger partial charge is 0.404 e. The second kappa shape index (κ2) is 4.96. The van der Waals surface area contributed by atoms with Gasteiger partial charge in [-0.15, -0.1) is 0 Å². The van der Waals surface area contributed by atoms with Gasteiger partial charge in [0.1, 0.15) is 9.84 Å². The van der Waals surface area contributed by atoms with Crippen LogP contribution in [0.1, 0.15) is 13.3 Å². The molecule has 0 saturated carbocycles. The number of ether oxygens (including phenoxy) is 1. The molecule has 0 bridgehead atoms. The highest BCUT2D eigenvalue weighted by Crippen LogP contribution is 2.18. The maximum atomic E-state index is 10.2. The van der Waals surface area contributed by atoms with Crippen LogP contribution in [0.3, 0.4) is 0 Å². The lowest BCUT2D eigenvalue weighted by Gasteiger charge is -2.14. The van der Waals surface area contributed by atoms with Crippen LogP contribution in [0.5, 0.6) is 0 Å². The summed E-state index contributed by atoms with van der Waals surface area (Å²) in [5.74, 6) is 0. The zero-order valence-corrected chi connectivity index (χ0v) is 8.68. The number of alkyl halides is 2. The summed E-state index contributed by atoms with van der Waals surface area (Å²) in [6.45, 7) is 1.91. The maximum absolute atomic E-state index is 10.2. The fourth-order valence-electron chi connectivity index (χ4n) is 0.462. The van der Waals surface area contributed by atoms with Gasteiger partial charge in [0, 0.05) is 0 Å². The Balaban J connectivity index is 3.71. The number of primary amides is 1. The Kier molecular flexibility index (Phi) is 5.07. The molecule has 0 aromatic carbocycles. The summed E-state index contributed by atoms with van der Waals surface area (Å²) in [5.41, 5.74) is 4.80. The van der Waals surface area contributed by atoms with Crippen LogP contribution in [0.25, 0.3) is 0 Å². The predicted octanol–water partition coefficient (Wildman–Crippen LogP) is 1.98. The molecular formula is C5H9Br2NO2. The van der Waals surface area contributed by atoms with Crippen molar-refractivity contribution in [1.29, 1.82) is 0 Å². The molecule has 1 atom stereocenters. The van der Waals surface area contributed by atoms with E-state index >= 15 is 0 Å². The third-order valence-corrected chi connectivity index (χ3v) is 2.13. The van der Waals surface area contributed by atoms with Crippen LogP contribution < -0.4 is 5.73 Å². The first-order valence-electron chi connectivity index (χ1n) is 2.82. The number of hydrogen-bond donors (Lipinski definition) is 1. The van der Waals surface area contributed by atoms with Crippen LogP contribution in [0.2, 0.25) is 0 Å². The lowest BCUT2D eigenvalue weighted by atomic mass is 10.3. The summed E-state index contributed by atoms with van der Waals surface area (Å²) in [4.78, 5) is 10.2. The van der Waals surface area contributed by atoms with Gasteiger partial charge in [0.05, 0.1) is 0 Å². The summed E-state index contributed by atoms with van der Waals surface area (Å²) in [6.07, 6.45) is -0.211. The van der Waals surface area contributed by atoms with Crippen LogP contribution in [0, 0.1) is 0 Å². The molecule has 0 radical (unpaired) electrons. The first kappa shape index (κ1) is 10.2. The van der Waals surface area contributed by atoms with Crippen LogP contribution in [0.15, 0.2) is 0 Å². The maximum Gasteiger partial charge on any atom is 0.404 e. The molecule has 0 aliphatic carbocycles. The Hall–Kier alpha value is 0.230. The largest absolute Gasteiger partial charge is 0.444 e. The van der Waals surface area contributed by atoms with Crippen LogP contribution in [0.4, 0.5) is 4.79 Å². The molecule has 0 aromatic heterocycles. The van der Waals surface area contributed by atoms with Crippen molar-refractivity contribution in [2.24, 2.45) is 5.73 Å². The molecule has 1 unspecified atom stereocenters. The van der Waals surface area contributed by atoms with E-state index in [4.69, 9.17) is 10.5 Å². The van der Waals surface area contributed by atoms with Crippen molar-refractivity contribution in [3.05, 3.63) is 0 Å². The van der Waals surface area contributed by atoms with E-state index in [-0.39, 0.29) is 9.84 Å². The molecular weight excluding hydrogens is 266 g/mol. The van der Waals surface area contributed by atoms with Gasteiger partial charge in [-0.3, -0.25) is 0 Å². The zero-order chi connectivity index (χ0) is 8.15. The van der Waals surface area contributed by atoms with E-state index in [1.165, 1.54) is 0 Å². The summed E-state index contributed by atoms with van der Waals surface area (Å²) in [6, 6.07) is 0. The molecule has 1 amide bonds. The van der Waals surface area contributed by atoms with Crippen LogP contribution in [-0.2, 0) is 4.74 Å². The molecule has 0 aliphatic heterocycles. The topological polar surface area (TPSA) is 52.3 Å². The number of rotatable bonds is 3. The van der Waals surface area contributed by atoms with E-state index in [0.29, 0.717) is 0 Å². The molecule has 0 aliphatic rings. The van der Waals surface area contributed by atoms with Crippen LogP contribution in [-0.4, -0.2) is 15.9 Å². The molecule has 3 nitrogen and oxygen atoms in total. The van der Waals surface area contributed by atoms with Gasteiger partial charge in [0.15, 0.2) is 0 Å². The monoisotopic (exact) mass is 273 g/mol.